The molecule has 2 aliphatic heterocycles. The van der Waals surface area contributed by atoms with E-state index in [9.17, 15) is 39.6 Å². The summed E-state index contributed by atoms with van der Waals surface area (Å²) in [6.07, 6.45) is 7.49. The number of ether oxygens (including phenoxy) is 2. The van der Waals surface area contributed by atoms with E-state index in [0.717, 1.165) is 73.6 Å². The van der Waals surface area contributed by atoms with Gasteiger partial charge in [-0.15, -0.1) is 0 Å². The summed E-state index contributed by atoms with van der Waals surface area (Å²) >= 11 is 0. The van der Waals surface area contributed by atoms with Crippen molar-refractivity contribution < 1.29 is 49.1 Å². The van der Waals surface area contributed by atoms with Crippen molar-refractivity contribution in [1.82, 2.24) is 0 Å². The number of fused-ring (bicyclic) bond motifs is 12. The SMILES string of the molecule is CC1(C)C(=O)CC[C@@]2(C)[C@H]1CC[C@]1(C)Oc3cc(O)c4c(c3C[C@@H]21)C[C@@H](O)CC4=O.CC1(C)C(=O)CC[C@@]2(C)[C@H]1CC[C@]1(C)Oc3cc(O)c4c(c3C[C@@H]21)C[C@@H](O)CC4=O. The van der Waals surface area contributed by atoms with Crippen molar-refractivity contribution in [3.8, 4) is 23.0 Å². The second kappa shape index (κ2) is 13.4. The molecule has 10 nitrogen and oxygen atoms in total. The third-order valence-corrected chi connectivity index (χ3v) is 18.2. The van der Waals surface area contributed by atoms with Gasteiger partial charge in [0.05, 0.1) is 23.3 Å². The predicted octanol–water partition coefficient (Wildman–Crippen LogP) is 7.99. The van der Waals surface area contributed by atoms with Crippen molar-refractivity contribution in [2.24, 2.45) is 45.3 Å². The van der Waals surface area contributed by atoms with Gasteiger partial charge in [-0.25, -0.2) is 0 Å². The molecule has 0 bridgehead atoms. The second-order valence-electron chi connectivity index (χ2n) is 22.2. The highest BCUT2D eigenvalue weighted by molar-refractivity contribution is 6.03. The topological polar surface area (TPSA) is 168 Å². The lowest BCUT2D eigenvalue weighted by Crippen LogP contribution is -2.63. The van der Waals surface area contributed by atoms with Crippen LogP contribution in [-0.2, 0) is 35.3 Å². The van der Waals surface area contributed by atoms with Crippen LogP contribution in [0.5, 0.6) is 23.0 Å². The number of rotatable bonds is 0. The third-order valence-electron chi connectivity index (χ3n) is 18.2. The average molecular weight is 825 g/mol. The van der Waals surface area contributed by atoms with Gasteiger partial charge in [0, 0.05) is 73.3 Å². The number of aromatic hydroxyl groups is 2. The predicted molar refractivity (Wildman–Crippen MR) is 224 cm³/mol. The van der Waals surface area contributed by atoms with E-state index in [0.29, 0.717) is 71.7 Å². The van der Waals surface area contributed by atoms with Crippen LogP contribution in [0.3, 0.4) is 0 Å². The Kier molecular flexibility index (Phi) is 9.27. The standard InChI is InChI=1S/2C25H32O5/c2*1-23(2)19-5-8-25(4)20(24(19,3)7-6-21(23)29)11-14-15-9-13(26)10-16(27)22(15)17(28)12-18(14)30-25/h2*12-13,19-20,26,28H,5-11H2,1-4H3/t2*13-,19+,20+,24+,25+/m11/s1. The van der Waals surface area contributed by atoms with Crippen molar-refractivity contribution in [2.45, 2.75) is 169 Å². The number of phenols is 2. The smallest absolute Gasteiger partial charge is 0.169 e. The van der Waals surface area contributed by atoms with Crippen molar-refractivity contribution in [3.63, 3.8) is 0 Å². The fourth-order valence-electron chi connectivity index (χ4n) is 15.1. The Balaban J connectivity index is 0.000000154. The van der Waals surface area contributed by atoms with Gasteiger partial charge in [-0.1, -0.05) is 41.5 Å². The average Bonchev–Trinajstić information content (AvgIpc) is 3.13. The van der Waals surface area contributed by atoms with Crippen LogP contribution in [-0.4, -0.2) is 67.0 Å². The summed E-state index contributed by atoms with van der Waals surface area (Å²) in [4.78, 5) is 50.6. The van der Waals surface area contributed by atoms with Gasteiger partial charge in [-0.3, -0.25) is 19.2 Å². The maximum Gasteiger partial charge on any atom is 0.169 e. The summed E-state index contributed by atoms with van der Waals surface area (Å²) in [6, 6.07) is 3.21. The summed E-state index contributed by atoms with van der Waals surface area (Å²) in [5.41, 5.74) is 2.69. The molecule has 10 heteroatoms. The molecule has 2 aromatic carbocycles. The minimum atomic E-state index is -0.717. The highest BCUT2D eigenvalue weighted by atomic mass is 16.5. The van der Waals surface area contributed by atoms with Gasteiger partial charge < -0.3 is 29.9 Å². The van der Waals surface area contributed by atoms with Gasteiger partial charge in [0.15, 0.2) is 11.6 Å². The van der Waals surface area contributed by atoms with E-state index < -0.39 is 12.2 Å². The van der Waals surface area contributed by atoms with Crippen LogP contribution < -0.4 is 9.47 Å². The van der Waals surface area contributed by atoms with Crippen LogP contribution in [0.25, 0.3) is 0 Å². The van der Waals surface area contributed by atoms with Crippen molar-refractivity contribution in [2.75, 3.05) is 0 Å². The molecule has 0 aromatic heterocycles. The van der Waals surface area contributed by atoms with Crippen LogP contribution >= 0.6 is 0 Å². The highest BCUT2D eigenvalue weighted by Gasteiger charge is 2.64. The Morgan fingerprint density at radius 3 is 1.23 bits per heavy atom. The molecule has 60 heavy (non-hydrogen) atoms. The van der Waals surface area contributed by atoms with Crippen LogP contribution in [0.1, 0.15) is 163 Å². The Morgan fingerprint density at radius 2 is 0.867 bits per heavy atom. The summed E-state index contributed by atoms with van der Waals surface area (Å²) in [5.74, 6) is 2.59. The number of aliphatic hydroxyl groups excluding tert-OH is 2. The molecule has 0 unspecified atom stereocenters. The first-order chi connectivity index (χ1) is 27.9. The second-order valence-corrected chi connectivity index (χ2v) is 22.2. The zero-order valence-corrected chi connectivity index (χ0v) is 36.8. The minimum absolute atomic E-state index is 0.0352. The summed E-state index contributed by atoms with van der Waals surface area (Å²) < 4.78 is 13.2. The first-order valence-electron chi connectivity index (χ1n) is 22.6. The number of Topliss-reactive ketones (excluding diaryl/α,β-unsaturated/α-hetero) is 4. The first-order valence-corrected chi connectivity index (χ1v) is 22.6. The molecule has 0 radical (unpaired) electrons. The van der Waals surface area contributed by atoms with Gasteiger partial charge in [0.2, 0.25) is 0 Å². The molecule has 4 saturated carbocycles. The van der Waals surface area contributed by atoms with E-state index in [1.165, 1.54) is 0 Å². The molecule has 2 heterocycles. The van der Waals surface area contributed by atoms with Crippen molar-refractivity contribution in [1.29, 1.82) is 0 Å². The fourth-order valence-corrected chi connectivity index (χ4v) is 15.1. The zero-order valence-electron chi connectivity index (χ0n) is 36.8. The third kappa shape index (κ3) is 5.84. The maximum atomic E-state index is 12.7. The van der Waals surface area contributed by atoms with E-state index >= 15 is 0 Å². The molecule has 4 fully saturated rings. The monoisotopic (exact) mass is 824 g/mol. The summed E-state index contributed by atoms with van der Waals surface area (Å²) in [5, 5.41) is 41.6. The number of carbonyl (C=O) groups excluding carboxylic acids is 4. The lowest BCUT2D eigenvalue weighted by atomic mass is 9.44. The molecule has 2 aromatic rings. The molecule has 324 valence electrons. The summed E-state index contributed by atoms with van der Waals surface area (Å²) in [6.45, 7) is 17.4. The molecular formula is C50H64O10. The van der Waals surface area contributed by atoms with E-state index in [-0.39, 0.29) is 80.6 Å². The van der Waals surface area contributed by atoms with Gasteiger partial charge >= 0.3 is 0 Å². The zero-order chi connectivity index (χ0) is 43.3. The highest BCUT2D eigenvalue weighted by Crippen LogP contribution is 2.66. The van der Waals surface area contributed by atoms with Gasteiger partial charge in [0.25, 0.3) is 0 Å². The Labute approximate surface area is 353 Å². The molecule has 0 spiro atoms. The quantitative estimate of drug-likeness (QED) is 0.204. The van der Waals surface area contributed by atoms with Crippen LogP contribution in [0, 0.1) is 45.3 Å². The Hall–Kier alpha value is -3.76. The number of hydrogen-bond acceptors (Lipinski definition) is 10. The molecule has 4 N–H and O–H groups in total. The van der Waals surface area contributed by atoms with E-state index in [2.05, 4.69) is 55.4 Å². The molecule has 10 atom stereocenters. The Morgan fingerprint density at radius 1 is 0.500 bits per heavy atom. The van der Waals surface area contributed by atoms with E-state index in [4.69, 9.17) is 9.47 Å². The summed E-state index contributed by atoms with van der Waals surface area (Å²) in [7, 11) is 0. The van der Waals surface area contributed by atoms with E-state index in [1.807, 2.05) is 0 Å². The minimum Gasteiger partial charge on any atom is -0.507 e. The largest absolute Gasteiger partial charge is 0.507 e. The van der Waals surface area contributed by atoms with Crippen LogP contribution in [0.15, 0.2) is 12.1 Å². The number of hydrogen-bond donors (Lipinski definition) is 4. The number of phenolic OH excluding ortho intramolecular Hbond substituents is 2. The lowest BCUT2D eigenvalue weighted by Gasteiger charge is -2.62. The van der Waals surface area contributed by atoms with Crippen molar-refractivity contribution >= 4 is 23.1 Å². The van der Waals surface area contributed by atoms with Crippen molar-refractivity contribution in [3.05, 3.63) is 45.5 Å². The number of ketones is 4. The fraction of sp³-hybridized carbons (Fsp3) is 0.680. The molecule has 10 rings (SSSR count). The normalized spacial score (nSPS) is 39.3. The van der Waals surface area contributed by atoms with Crippen LogP contribution in [0.4, 0.5) is 0 Å². The van der Waals surface area contributed by atoms with Gasteiger partial charge in [-0.2, -0.15) is 0 Å². The first kappa shape index (κ1) is 41.6. The molecule has 0 saturated heterocycles. The Bertz CT molecular complexity index is 2080. The maximum absolute atomic E-state index is 12.7. The van der Waals surface area contributed by atoms with E-state index in [1.54, 1.807) is 12.1 Å². The van der Waals surface area contributed by atoms with Gasteiger partial charge in [-0.05, 0) is 110 Å². The molecule has 6 aliphatic carbocycles. The number of carbonyl (C=O) groups is 4. The van der Waals surface area contributed by atoms with Gasteiger partial charge in [0.1, 0.15) is 45.8 Å². The molecule has 0 amide bonds. The van der Waals surface area contributed by atoms with Crippen LogP contribution in [0.2, 0.25) is 0 Å². The number of aliphatic hydroxyl groups is 2. The molecule has 8 aliphatic rings. The molecular weight excluding hydrogens is 761 g/mol. The lowest BCUT2D eigenvalue weighted by molar-refractivity contribution is -0.173. The number of benzene rings is 2.